The molecule has 0 bridgehead atoms. The van der Waals surface area contributed by atoms with Gasteiger partial charge in [-0.1, -0.05) is 12.1 Å². The molecule has 0 aromatic heterocycles. The minimum atomic E-state index is -0.385. The Morgan fingerprint density at radius 3 is 2.73 bits per heavy atom. The maximum atomic E-state index is 13.0. The largest absolute Gasteiger partial charge is 0.378 e. The summed E-state index contributed by atoms with van der Waals surface area (Å²) >= 11 is 0. The number of aryl methyl sites for hydroxylation is 1. The predicted molar refractivity (Wildman–Crippen MR) is 53.7 cm³/mol. The van der Waals surface area contributed by atoms with Crippen molar-refractivity contribution in [3.8, 4) is 6.07 Å². The van der Waals surface area contributed by atoms with Gasteiger partial charge in [-0.2, -0.15) is 5.26 Å². The molecule has 1 saturated heterocycles. The number of hydrogen-bond acceptors (Lipinski definition) is 2. The summed E-state index contributed by atoms with van der Waals surface area (Å²) in [6.45, 7) is 2.70. The molecule has 15 heavy (non-hydrogen) atoms. The van der Waals surface area contributed by atoms with E-state index in [2.05, 4.69) is 6.07 Å². The fraction of sp³-hybridized carbons (Fsp3) is 0.417. The van der Waals surface area contributed by atoms with Gasteiger partial charge < -0.3 is 4.74 Å². The van der Waals surface area contributed by atoms with Crippen molar-refractivity contribution in [1.29, 1.82) is 5.26 Å². The molecule has 1 aromatic rings. The molecule has 0 aliphatic carbocycles. The summed E-state index contributed by atoms with van der Waals surface area (Å²) in [5.74, 6) is -0.199. The standard InChI is InChI=1S/C12H12FNO/c1-9-4-10(2-3-11(9)13)5-12(6-14)7-15-8-12/h2-4H,5,7-8H2,1H3. The Morgan fingerprint density at radius 2 is 2.27 bits per heavy atom. The van der Waals surface area contributed by atoms with Crippen molar-refractivity contribution in [2.45, 2.75) is 13.3 Å². The highest BCUT2D eigenvalue weighted by molar-refractivity contribution is 5.27. The summed E-state index contributed by atoms with van der Waals surface area (Å²) in [6, 6.07) is 7.27. The van der Waals surface area contributed by atoms with Crippen LogP contribution < -0.4 is 0 Å². The molecule has 1 aliphatic heterocycles. The van der Waals surface area contributed by atoms with Gasteiger partial charge in [-0.3, -0.25) is 0 Å². The zero-order valence-corrected chi connectivity index (χ0v) is 8.59. The zero-order valence-electron chi connectivity index (χ0n) is 8.59. The molecule has 0 saturated carbocycles. The van der Waals surface area contributed by atoms with E-state index in [0.717, 1.165) is 5.56 Å². The lowest BCUT2D eigenvalue weighted by Gasteiger charge is -2.35. The van der Waals surface area contributed by atoms with Gasteiger partial charge in [0.1, 0.15) is 11.2 Å². The lowest BCUT2D eigenvalue weighted by Crippen LogP contribution is -2.43. The molecule has 0 spiro atoms. The molecular weight excluding hydrogens is 193 g/mol. The van der Waals surface area contributed by atoms with E-state index in [1.54, 1.807) is 19.1 Å². The Hall–Kier alpha value is -1.40. The molecule has 2 nitrogen and oxygen atoms in total. The topological polar surface area (TPSA) is 33.0 Å². The highest BCUT2D eigenvalue weighted by Gasteiger charge is 2.38. The number of ether oxygens (including phenoxy) is 1. The van der Waals surface area contributed by atoms with Crippen LogP contribution in [0.3, 0.4) is 0 Å². The van der Waals surface area contributed by atoms with E-state index in [1.807, 2.05) is 0 Å². The van der Waals surface area contributed by atoms with Gasteiger partial charge in [0.15, 0.2) is 0 Å². The first kappa shape index (κ1) is 10.1. The van der Waals surface area contributed by atoms with Gasteiger partial charge in [0, 0.05) is 0 Å². The maximum absolute atomic E-state index is 13.0. The Kier molecular flexibility index (Phi) is 2.45. The quantitative estimate of drug-likeness (QED) is 0.741. The number of hydrogen-bond donors (Lipinski definition) is 0. The van der Waals surface area contributed by atoms with Gasteiger partial charge in [0.25, 0.3) is 0 Å². The van der Waals surface area contributed by atoms with Crippen LogP contribution in [0.2, 0.25) is 0 Å². The minimum absolute atomic E-state index is 0.199. The first-order valence-corrected chi connectivity index (χ1v) is 4.89. The Balaban J connectivity index is 2.18. The van der Waals surface area contributed by atoms with Gasteiger partial charge in [-0.15, -0.1) is 0 Å². The van der Waals surface area contributed by atoms with E-state index in [9.17, 15) is 4.39 Å². The van der Waals surface area contributed by atoms with Crippen LogP contribution >= 0.6 is 0 Å². The lowest BCUT2D eigenvalue weighted by atomic mass is 9.81. The van der Waals surface area contributed by atoms with Crippen molar-refractivity contribution in [3.05, 3.63) is 35.1 Å². The molecule has 2 rings (SSSR count). The zero-order chi connectivity index (χ0) is 10.9. The molecule has 0 unspecified atom stereocenters. The molecule has 0 atom stereocenters. The van der Waals surface area contributed by atoms with E-state index in [4.69, 9.17) is 10.00 Å². The normalized spacial score (nSPS) is 17.9. The van der Waals surface area contributed by atoms with Crippen LogP contribution in [0.1, 0.15) is 11.1 Å². The number of nitriles is 1. The van der Waals surface area contributed by atoms with Crippen LogP contribution in [0, 0.1) is 29.5 Å². The smallest absolute Gasteiger partial charge is 0.126 e. The second-order valence-electron chi connectivity index (χ2n) is 4.15. The minimum Gasteiger partial charge on any atom is -0.378 e. The number of nitrogens with zero attached hydrogens (tertiary/aromatic N) is 1. The van der Waals surface area contributed by atoms with Gasteiger partial charge in [-0.05, 0) is 30.5 Å². The van der Waals surface area contributed by atoms with E-state index < -0.39 is 0 Å². The third kappa shape index (κ3) is 1.86. The van der Waals surface area contributed by atoms with Crippen molar-refractivity contribution >= 4 is 0 Å². The Labute approximate surface area is 88.3 Å². The highest BCUT2D eigenvalue weighted by atomic mass is 19.1. The van der Waals surface area contributed by atoms with Crippen molar-refractivity contribution in [3.63, 3.8) is 0 Å². The predicted octanol–water partition coefficient (Wildman–Crippen LogP) is 2.22. The second-order valence-corrected chi connectivity index (χ2v) is 4.15. The SMILES string of the molecule is Cc1cc(CC2(C#N)COC2)ccc1F. The van der Waals surface area contributed by atoms with Crippen LogP contribution in [0.5, 0.6) is 0 Å². The average Bonchev–Trinajstić information content (AvgIpc) is 2.17. The van der Waals surface area contributed by atoms with E-state index in [0.29, 0.717) is 25.2 Å². The summed E-state index contributed by atoms with van der Waals surface area (Å²) in [6.07, 6.45) is 0.643. The molecular formula is C12H12FNO. The molecule has 3 heteroatoms. The maximum Gasteiger partial charge on any atom is 0.126 e. The first-order chi connectivity index (χ1) is 7.15. The van der Waals surface area contributed by atoms with E-state index >= 15 is 0 Å². The van der Waals surface area contributed by atoms with Crippen LogP contribution in [-0.4, -0.2) is 13.2 Å². The molecule has 0 N–H and O–H groups in total. The van der Waals surface area contributed by atoms with Crippen LogP contribution in [0.25, 0.3) is 0 Å². The average molecular weight is 205 g/mol. The third-order valence-corrected chi connectivity index (χ3v) is 2.76. The second kappa shape index (κ2) is 3.63. The van der Waals surface area contributed by atoms with Crippen LogP contribution in [0.15, 0.2) is 18.2 Å². The van der Waals surface area contributed by atoms with Gasteiger partial charge in [0.05, 0.1) is 19.3 Å². The van der Waals surface area contributed by atoms with E-state index in [-0.39, 0.29) is 11.2 Å². The summed E-state index contributed by atoms with van der Waals surface area (Å²) in [5.41, 5.74) is 1.24. The summed E-state index contributed by atoms with van der Waals surface area (Å²) in [4.78, 5) is 0. The van der Waals surface area contributed by atoms with Crippen molar-refractivity contribution in [1.82, 2.24) is 0 Å². The third-order valence-electron chi connectivity index (χ3n) is 2.76. The Morgan fingerprint density at radius 1 is 1.53 bits per heavy atom. The molecule has 1 aromatic carbocycles. The summed E-state index contributed by atoms with van der Waals surface area (Å²) in [7, 11) is 0. The van der Waals surface area contributed by atoms with Crippen molar-refractivity contribution in [2.24, 2.45) is 5.41 Å². The van der Waals surface area contributed by atoms with Gasteiger partial charge in [0.2, 0.25) is 0 Å². The van der Waals surface area contributed by atoms with Gasteiger partial charge in [-0.25, -0.2) is 4.39 Å². The van der Waals surface area contributed by atoms with Crippen molar-refractivity contribution < 1.29 is 9.13 Å². The highest BCUT2D eigenvalue weighted by Crippen LogP contribution is 2.31. The van der Waals surface area contributed by atoms with Crippen LogP contribution in [0.4, 0.5) is 4.39 Å². The summed E-state index contributed by atoms with van der Waals surface area (Å²) < 4.78 is 18.1. The fourth-order valence-corrected chi connectivity index (χ4v) is 1.76. The molecule has 0 radical (unpaired) electrons. The monoisotopic (exact) mass is 205 g/mol. The lowest BCUT2D eigenvalue weighted by molar-refractivity contribution is -0.0765. The molecule has 1 fully saturated rings. The van der Waals surface area contributed by atoms with Crippen molar-refractivity contribution in [2.75, 3.05) is 13.2 Å². The van der Waals surface area contributed by atoms with E-state index in [1.165, 1.54) is 6.07 Å². The molecule has 1 aliphatic rings. The number of halogens is 1. The number of rotatable bonds is 2. The Bertz CT molecular complexity index is 418. The number of benzene rings is 1. The first-order valence-electron chi connectivity index (χ1n) is 4.89. The van der Waals surface area contributed by atoms with Crippen LogP contribution in [-0.2, 0) is 11.2 Å². The van der Waals surface area contributed by atoms with Gasteiger partial charge >= 0.3 is 0 Å². The molecule has 78 valence electrons. The fourth-order valence-electron chi connectivity index (χ4n) is 1.76. The summed E-state index contributed by atoms with van der Waals surface area (Å²) in [5, 5.41) is 9.02. The molecule has 1 heterocycles. The molecule has 0 amide bonds.